The van der Waals surface area contributed by atoms with Crippen molar-refractivity contribution in [3.8, 4) is 0 Å². The number of aromatic nitrogens is 6. The summed E-state index contributed by atoms with van der Waals surface area (Å²) in [5.41, 5.74) is 0. The summed E-state index contributed by atoms with van der Waals surface area (Å²) >= 11 is 3.24. The highest BCUT2D eigenvalue weighted by Gasteiger charge is 2.11. The van der Waals surface area contributed by atoms with Crippen molar-refractivity contribution in [3.05, 3.63) is 5.89 Å². The number of tetrazole rings is 1. The van der Waals surface area contributed by atoms with Gasteiger partial charge < -0.3 is 4.42 Å². The lowest BCUT2D eigenvalue weighted by Crippen LogP contribution is -2.00. The summed E-state index contributed by atoms with van der Waals surface area (Å²) in [5.74, 6) is 1.56. The first kappa shape index (κ1) is 13.3. The highest BCUT2D eigenvalue weighted by Crippen LogP contribution is 2.25. The van der Waals surface area contributed by atoms with Crippen LogP contribution in [0.3, 0.4) is 0 Å². The lowest BCUT2D eigenvalue weighted by Gasteiger charge is -2.06. The van der Waals surface area contributed by atoms with Crippen LogP contribution in [0.1, 0.15) is 19.2 Å². The third-order valence-corrected chi connectivity index (χ3v) is 4.19. The van der Waals surface area contributed by atoms with E-state index in [2.05, 4.69) is 32.6 Å². The summed E-state index contributed by atoms with van der Waals surface area (Å²) in [4.78, 5) is 0. The predicted molar refractivity (Wildman–Crippen MR) is 68.5 cm³/mol. The van der Waals surface area contributed by atoms with Crippen LogP contribution in [0.15, 0.2) is 14.8 Å². The van der Waals surface area contributed by atoms with E-state index in [1.807, 2.05) is 7.05 Å². The monoisotopic (exact) mass is 286 g/mol. The molecule has 0 aliphatic heterocycles. The number of hydrogen-bond acceptors (Lipinski definition) is 8. The van der Waals surface area contributed by atoms with E-state index in [1.165, 1.54) is 0 Å². The lowest BCUT2D eigenvalue weighted by atomic mass is 10.4. The van der Waals surface area contributed by atoms with Crippen molar-refractivity contribution in [2.45, 2.75) is 35.9 Å². The molecule has 0 fully saturated rings. The maximum atomic E-state index is 5.32. The first-order valence-electron chi connectivity index (χ1n) is 5.47. The summed E-state index contributed by atoms with van der Waals surface area (Å²) in [6.07, 6.45) is 1.02. The fraction of sp³-hybridized carbons (Fsp3) is 0.667. The smallest absolute Gasteiger partial charge is 0.276 e. The van der Waals surface area contributed by atoms with Crippen LogP contribution in [0.25, 0.3) is 0 Å². The molecule has 1 atom stereocenters. The van der Waals surface area contributed by atoms with Crippen molar-refractivity contribution in [3.63, 3.8) is 0 Å². The highest BCUT2D eigenvalue weighted by atomic mass is 32.2. The molecule has 0 aliphatic carbocycles. The zero-order valence-corrected chi connectivity index (χ0v) is 12.0. The molecule has 9 heteroatoms. The number of rotatable bonds is 6. The van der Waals surface area contributed by atoms with Crippen LogP contribution in [-0.4, -0.2) is 41.4 Å². The molecule has 2 aromatic heterocycles. The molecule has 0 bridgehead atoms. The Hall–Kier alpha value is -1.09. The molecule has 0 aromatic carbocycles. The molecule has 0 saturated heterocycles. The van der Waals surface area contributed by atoms with Gasteiger partial charge in [-0.3, -0.25) is 0 Å². The van der Waals surface area contributed by atoms with Gasteiger partial charge >= 0.3 is 0 Å². The van der Waals surface area contributed by atoms with E-state index in [0.29, 0.717) is 16.4 Å². The van der Waals surface area contributed by atoms with Gasteiger partial charge in [-0.05, 0) is 16.8 Å². The van der Waals surface area contributed by atoms with Gasteiger partial charge in [0.1, 0.15) is 0 Å². The quantitative estimate of drug-likeness (QED) is 0.740. The van der Waals surface area contributed by atoms with Gasteiger partial charge in [0.25, 0.3) is 5.22 Å². The fourth-order valence-electron chi connectivity index (χ4n) is 1.22. The second kappa shape index (κ2) is 6.19. The third kappa shape index (κ3) is 3.70. The molecule has 0 radical (unpaired) electrons. The van der Waals surface area contributed by atoms with Crippen LogP contribution >= 0.6 is 23.5 Å². The van der Waals surface area contributed by atoms with Crippen LogP contribution in [0.2, 0.25) is 0 Å². The Bertz CT molecular complexity index is 499. The largest absolute Gasteiger partial charge is 0.416 e. The fourth-order valence-corrected chi connectivity index (χ4v) is 3.17. The van der Waals surface area contributed by atoms with Gasteiger partial charge in [0.2, 0.25) is 11.0 Å². The lowest BCUT2D eigenvalue weighted by molar-refractivity contribution is 0.428. The number of nitrogens with zero attached hydrogens (tertiary/aromatic N) is 6. The maximum Gasteiger partial charge on any atom is 0.276 e. The molecule has 0 saturated carbocycles. The van der Waals surface area contributed by atoms with Gasteiger partial charge in [-0.15, -0.1) is 15.3 Å². The first-order valence-corrected chi connectivity index (χ1v) is 7.33. The van der Waals surface area contributed by atoms with Crippen molar-refractivity contribution in [1.82, 2.24) is 30.4 Å². The summed E-state index contributed by atoms with van der Waals surface area (Å²) in [6.45, 7) is 3.93. The van der Waals surface area contributed by atoms with Crippen molar-refractivity contribution in [1.29, 1.82) is 0 Å². The van der Waals surface area contributed by atoms with Crippen LogP contribution in [0.5, 0.6) is 0 Å². The maximum absolute atomic E-state index is 5.32. The van der Waals surface area contributed by atoms with Gasteiger partial charge in [-0.1, -0.05) is 30.4 Å². The molecule has 1 unspecified atom stereocenters. The molecular formula is C9H14N6OS2. The van der Waals surface area contributed by atoms with Crippen LogP contribution in [-0.2, 0) is 7.05 Å². The molecule has 0 aliphatic rings. The summed E-state index contributed by atoms with van der Waals surface area (Å²) in [7, 11) is 1.84. The molecule has 2 aromatic rings. The molecule has 0 amide bonds. The first-order chi connectivity index (χ1) is 8.65. The third-order valence-electron chi connectivity index (χ3n) is 2.15. The van der Waals surface area contributed by atoms with Crippen LogP contribution < -0.4 is 0 Å². The number of aryl methyl sites for hydroxylation is 2. The Balaban J connectivity index is 1.72. The van der Waals surface area contributed by atoms with E-state index in [4.69, 9.17) is 4.42 Å². The van der Waals surface area contributed by atoms with Crippen molar-refractivity contribution in [2.75, 3.05) is 5.75 Å². The predicted octanol–water partition coefficient (Wildman–Crippen LogP) is 1.56. The van der Waals surface area contributed by atoms with Gasteiger partial charge in [0.05, 0.1) is 0 Å². The topological polar surface area (TPSA) is 82.5 Å². The van der Waals surface area contributed by atoms with E-state index >= 15 is 0 Å². The molecule has 18 heavy (non-hydrogen) atoms. The highest BCUT2D eigenvalue weighted by molar-refractivity contribution is 8.00. The molecule has 2 heterocycles. The SMILES string of the molecule is Cc1nnc(SC(C)CCSc2nnnn2C)o1. The van der Waals surface area contributed by atoms with E-state index in [0.717, 1.165) is 17.3 Å². The zero-order valence-electron chi connectivity index (χ0n) is 10.4. The standard InChI is InChI=1S/C9H14N6OS2/c1-6(18-9-12-10-7(2)16-9)4-5-17-8-11-13-14-15(8)3/h6H,4-5H2,1-3H3. The van der Waals surface area contributed by atoms with Gasteiger partial charge in [0, 0.05) is 25.0 Å². The Morgan fingerprint density at radius 2 is 2.17 bits per heavy atom. The van der Waals surface area contributed by atoms with Gasteiger partial charge in [-0.2, -0.15) is 0 Å². The second-order valence-corrected chi connectivity index (χ2v) is 6.19. The Morgan fingerprint density at radius 3 is 2.78 bits per heavy atom. The van der Waals surface area contributed by atoms with Crippen molar-refractivity contribution >= 4 is 23.5 Å². The van der Waals surface area contributed by atoms with Gasteiger partial charge in [-0.25, -0.2) is 4.68 Å². The number of thioether (sulfide) groups is 2. The minimum atomic E-state index is 0.415. The average Bonchev–Trinajstić information content (AvgIpc) is 2.89. The molecule has 2 rings (SSSR count). The Kier molecular flexibility index (Phi) is 4.59. The minimum absolute atomic E-state index is 0.415. The summed E-state index contributed by atoms with van der Waals surface area (Å²) < 4.78 is 6.99. The minimum Gasteiger partial charge on any atom is -0.416 e. The van der Waals surface area contributed by atoms with Crippen LogP contribution in [0.4, 0.5) is 0 Å². The van der Waals surface area contributed by atoms with E-state index in [1.54, 1.807) is 35.1 Å². The molecule has 98 valence electrons. The average molecular weight is 286 g/mol. The molecule has 0 N–H and O–H groups in total. The van der Waals surface area contributed by atoms with E-state index in [9.17, 15) is 0 Å². The Morgan fingerprint density at radius 1 is 1.33 bits per heavy atom. The van der Waals surface area contributed by atoms with Crippen molar-refractivity contribution < 1.29 is 4.42 Å². The zero-order chi connectivity index (χ0) is 13.0. The molecule has 7 nitrogen and oxygen atoms in total. The normalized spacial score (nSPS) is 12.8. The summed E-state index contributed by atoms with van der Waals surface area (Å²) in [5, 5.41) is 20.9. The second-order valence-electron chi connectivity index (χ2n) is 3.74. The van der Waals surface area contributed by atoms with Crippen LogP contribution in [0, 0.1) is 6.92 Å². The van der Waals surface area contributed by atoms with Crippen molar-refractivity contribution in [2.24, 2.45) is 7.05 Å². The van der Waals surface area contributed by atoms with E-state index < -0.39 is 0 Å². The number of hydrogen-bond donors (Lipinski definition) is 0. The van der Waals surface area contributed by atoms with E-state index in [-0.39, 0.29) is 0 Å². The molecular weight excluding hydrogens is 272 g/mol. The van der Waals surface area contributed by atoms with Gasteiger partial charge in [0.15, 0.2) is 0 Å². The Labute approximate surface area is 113 Å². The summed E-state index contributed by atoms with van der Waals surface area (Å²) in [6, 6.07) is 0. The molecule has 0 spiro atoms.